The molecule has 0 N–H and O–H groups in total. The normalized spacial score (nSPS) is 17.7. The van der Waals surface area contributed by atoms with Gasteiger partial charge in [0.25, 0.3) is 0 Å². The highest BCUT2D eigenvalue weighted by molar-refractivity contribution is 6.14. The van der Waals surface area contributed by atoms with Gasteiger partial charge in [0.15, 0.2) is 5.78 Å². The van der Waals surface area contributed by atoms with Crippen molar-refractivity contribution in [3.63, 3.8) is 0 Å². The second kappa shape index (κ2) is 8.27. The van der Waals surface area contributed by atoms with E-state index in [0.717, 1.165) is 28.8 Å². The highest BCUT2D eigenvalue weighted by Crippen LogP contribution is 2.22. The molecule has 1 aliphatic rings. The third kappa shape index (κ3) is 4.39. The first-order valence-electron chi connectivity index (χ1n) is 8.81. The number of carbonyl (C=O) groups is 1. The highest BCUT2D eigenvalue weighted by Gasteiger charge is 2.25. The second-order valence-corrected chi connectivity index (χ2v) is 6.44. The van der Waals surface area contributed by atoms with E-state index in [0.29, 0.717) is 24.2 Å². The minimum Gasteiger partial charge on any atom is -0.295 e. The molecule has 0 aliphatic carbocycles. The smallest absolute Gasteiger partial charge is 0.187 e. The molecule has 4 nitrogen and oxygen atoms in total. The van der Waals surface area contributed by atoms with Gasteiger partial charge in [-0.3, -0.25) is 9.69 Å². The van der Waals surface area contributed by atoms with Gasteiger partial charge < -0.3 is 0 Å². The number of hydrogen-bond donors (Lipinski definition) is 0. The van der Waals surface area contributed by atoms with E-state index in [1.807, 2.05) is 36.4 Å². The summed E-state index contributed by atoms with van der Waals surface area (Å²) in [5.74, 6) is 0.0495. The molecule has 0 spiro atoms. The summed E-state index contributed by atoms with van der Waals surface area (Å²) in [6.07, 6.45) is 3.80. The van der Waals surface area contributed by atoms with Crippen molar-refractivity contribution in [1.29, 1.82) is 10.5 Å². The Hall–Kier alpha value is -3.47. The van der Waals surface area contributed by atoms with E-state index in [9.17, 15) is 4.79 Å². The lowest BCUT2D eigenvalue weighted by Crippen LogP contribution is -2.37. The first-order chi connectivity index (χ1) is 13.1. The molecular weight excluding hydrogens is 334 g/mol. The molecule has 4 heteroatoms. The number of ketones is 1. The van der Waals surface area contributed by atoms with Gasteiger partial charge >= 0.3 is 0 Å². The van der Waals surface area contributed by atoms with Crippen molar-refractivity contribution in [2.45, 2.75) is 6.92 Å². The van der Waals surface area contributed by atoms with E-state index in [1.165, 1.54) is 0 Å². The third-order valence-electron chi connectivity index (χ3n) is 4.58. The van der Waals surface area contributed by atoms with E-state index in [4.69, 9.17) is 10.5 Å². The van der Waals surface area contributed by atoms with Crippen LogP contribution in [0, 0.1) is 22.7 Å². The van der Waals surface area contributed by atoms with Crippen LogP contribution in [-0.2, 0) is 4.79 Å². The predicted molar refractivity (Wildman–Crippen MR) is 105 cm³/mol. The van der Waals surface area contributed by atoms with E-state index >= 15 is 0 Å². The lowest BCUT2D eigenvalue weighted by Gasteiger charge is -2.28. The number of Topliss-reactive ketones (excluding diaryl/α,β-unsaturated/α-hetero) is 1. The largest absolute Gasteiger partial charge is 0.295 e. The van der Waals surface area contributed by atoms with Crippen molar-refractivity contribution in [1.82, 2.24) is 4.90 Å². The summed E-state index contributed by atoms with van der Waals surface area (Å²) in [5, 5.41) is 17.8. The summed E-state index contributed by atoms with van der Waals surface area (Å²) >= 11 is 0. The lowest BCUT2D eigenvalue weighted by atomic mass is 9.94. The first-order valence-corrected chi connectivity index (χ1v) is 8.81. The van der Waals surface area contributed by atoms with Crippen LogP contribution in [-0.4, -0.2) is 30.3 Å². The Labute approximate surface area is 159 Å². The zero-order valence-corrected chi connectivity index (χ0v) is 15.1. The monoisotopic (exact) mass is 353 g/mol. The van der Waals surface area contributed by atoms with Crippen molar-refractivity contribution in [2.75, 3.05) is 19.6 Å². The maximum Gasteiger partial charge on any atom is 0.187 e. The number of benzene rings is 2. The van der Waals surface area contributed by atoms with Crippen LogP contribution in [0.5, 0.6) is 0 Å². The number of likely N-dealkylation sites (N-methyl/N-ethyl adjacent to an activating group) is 1. The van der Waals surface area contributed by atoms with Crippen LogP contribution in [0.4, 0.5) is 0 Å². The number of likely N-dealkylation sites (tertiary alicyclic amines) is 1. The van der Waals surface area contributed by atoms with Crippen molar-refractivity contribution < 1.29 is 4.79 Å². The maximum absolute atomic E-state index is 13.0. The van der Waals surface area contributed by atoms with E-state index < -0.39 is 0 Å². The Morgan fingerprint density at radius 1 is 0.852 bits per heavy atom. The quantitative estimate of drug-likeness (QED) is 0.787. The molecule has 0 saturated carbocycles. The predicted octanol–water partition coefficient (Wildman–Crippen LogP) is 3.80. The van der Waals surface area contributed by atoms with Crippen LogP contribution in [0.2, 0.25) is 0 Å². The van der Waals surface area contributed by atoms with Gasteiger partial charge in [0.1, 0.15) is 0 Å². The Morgan fingerprint density at radius 2 is 1.26 bits per heavy atom. The van der Waals surface area contributed by atoms with Crippen LogP contribution in [0.15, 0.2) is 59.7 Å². The fourth-order valence-corrected chi connectivity index (χ4v) is 3.04. The number of hydrogen-bond acceptors (Lipinski definition) is 4. The summed E-state index contributed by atoms with van der Waals surface area (Å²) in [5.41, 5.74) is 4.51. The van der Waals surface area contributed by atoms with Crippen LogP contribution in [0.3, 0.4) is 0 Å². The Balaban J connectivity index is 1.92. The van der Waals surface area contributed by atoms with Crippen LogP contribution in [0.1, 0.15) is 29.2 Å². The number of rotatable bonds is 3. The third-order valence-corrected chi connectivity index (χ3v) is 4.58. The van der Waals surface area contributed by atoms with Crippen molar-refractivity contribution in [2.24, 2.45) is 0 Å². The number of carbonyl (C=O) groups excluding carboxylic acids is 1. The van der Waals surface area contributed by atoms with Crippen molar-refractivity contribution in [3.8, 4) is 12.1 Å². The SMILES string of the molecule is CCN1CC(=Cc2ccc(C#N)cc2)C(=O)C(=Cc2ccc(C#N)cc2)C1. The molecule has 0 aromatic heterocycles. The molecule has 0 radical (unpaired) electrons. The number of nitrogens with zero attached hydrogens (tertiary/aromatic N) is 3. The van der Waals surface area contributed by atoms with Crippen molar-refractivity contribution in [3.05, 3.63) is 81.9 Å². The minimum absolute atomic E-state index is 0.0495. The lowest BCUT2D eigenvalue weighted by molar-refractivity contribution is -0.113. The zero-order chi connectivity index (χ0) is 19.2. The summed E-state index contributed by atoms with van der Waals surface area (Å²) < 4.78 is 0. The number of piperidine rings is 1. The Kier molecular flexibility index (Phi) is 5.61. The molecule has 0 unspecified atom stereocenters. The van der Waals surface area contributed by atoms with E-state index in [2.05, 4.69) is 24.0 Å². The van der Waals surface area contributed by atoms with Gasteiger partial charge in [-0.2, -0.15) is 10.5 Å². The molecule has 27 heavy (non-hydrogen) atoms. The van der Waals surface area contributed by atoms with Gasteiger partial charge in [0, 0.05) is 24.2 Å². The molecule has 0 bridgehead atoms. The molecular formula is C23H19N3O. The first kappa shape index (κ1) is 18.3. The average Bonchev–Trinajstić information content (AvgIpc) is 2.72. The highest BCUT2D eigenvalue weighted by atomic mass is 16.1. The van der Waals surface area contributed by atoms with E-state index in [1.54, 1.807) is 24.3 Å². The van der Waals surface area contributed by atoms with Crippen LogP contribution >= 0.6 is 0 Å². The molecule has 1 fully saturated rings. The van der Waals surface area contributed by atoms with Gasteiger partial charge in [-0.25, -0.2) is 0 Å². The Morgan fingerprint density at radius 3 is 1.59 bits per heavy atom. The van der Waals surface area contributed by atoms with Crippen LogP contribution < -0.4 is 0 Å². The standard InChI is InChI=1S/C23H19N3O/c1-2-26-15-21(11-17-3-7-19(13-24)8-4-17)23(27)22(16-26)12-18-5-9-20(14-25)10-6-18/h3-12H,2,15-16H2,1H3. The molecule has 1 aliphatic heterocycles. The topological polar surface area (TPSA) is 67.9 Å². The molecule has 1 saturated heterocycles. The average molecular weight is 353 g/mol. The Bertz CT molecular complexity index is 904. The van der Waals surface area contributed by atoms with Gasteiger partial charge in [0.05, 0.1) is 23.3 Å². The summed E-state index contributed by atoms with van der Waals surface area (Å²) in [7, 11) is 0. The summed E-state index contributed by atoms with van der Waals surface area (Å²) in [4.78, 5) is 15.2. The molecule has 2 aromatic rings. The van der Waals surface area contributed by atoms with E-state index in [-0.39, 0.29) is 5.78 Å². The van der Waals surface area contributed by atoms with Gasteiger partial charge in [-0.15, -0.1) is 0 Å². The molecule has 0 atom stereocenters. The minimum atomic E-state index is 0.0495. The van der Waals surface area contributed by atoms with Gasteiger partial charge in [0.2, 0.25) is 0 Å². The summed E-state index contributed by atoms with van der Waals surface area (Å²) in [6, 6.07) is 18.6. The fraction of sp³-hybridized carbons (Fsp3) is 0.174. The molecule has 0 amide bonds. The fourth-order valence-electron chi connectivity index (χ4n) is 3.04. The number of nitriles is 2. The van der Waals surface area contributed by atoms with Crippen LogP contribution in [0.25, 0.3) is 12.2 Å². The molecule has 1 heterocycles. The second-order valence-electron chi connectivity index (χ2n) is 6.44. The molecule has 2 aromatic carbocycles. The van der Waals surface area contributed by atoms with Gasteiger partial charge in [-0.05, 0) is 54.1 Å². The molecule has 3 rings (SSSR count). The zero-order valence-electron chi connectivity index (χ0n) is 15.1. The molecule has 132 valence electrons. The maximum atomic E-state index is 13.0. The summed E-state index contributed by atoms with van der Waals surface area (Å²) in [6.45, 7) is 4.15. The van der Waals surface area contributed by atoms with Crippen molar-refractivity contribution >= 4 is 17.9 Å². The van der Waals surface area contributed by atoms with Gasteiger partial charge in [-0.1, -0.05) is 31.2 Å².